The molecule has 0 radical (unpaired) electrons. The third-order valence-electron chi connectivity index (χ3n) is 3.17. The third kappa shape index (κ3) is 2.03. The first kappa shape index (κ1) is 11.0. The fourth-order valence-corrected chi connectivity index (χ4v) is 2.70. The van der Waals surface area contributed by atoms with E-state index < -0.39 is 0 Å². The summed E-state index contributed by atoms with van der Waals surface area (Å²) in [5.41, 5.74) is 8.22. The lowest BCUT2D eigenvalue weighted by Crippen LogP contribution is -2.21. The molecule has 0 bridgehead atoms. The number of hydrogen-bond donors (Lipinski definition) is 1. The molecule has 0 saturated heterocycles. The molecular weight excluding hydrogens is 278 g/mol. The Bertz CT molecular complexity index is 547. The van der Waals surface area contributed by atoms with Gasteiger partial charge < -0.3 is 10.3 Å². The third-order valence-corrected chi connectivity index (χ3v) is 3.67. The zero-order valence-electron chi connectivity index (χ0n) is 9.44. The van der Waals surface area contributed by atoms with Crippen LogP contribution in [-0.2, 0) is 6.54 Å². The highest BCUT2D eigenvalue weighted by Gasteiger charge is 2.19. The van der Waals surface area contributed by atoms with Gasteiger partial charge in [-0.3, -0.25) is 0 Å². The smallest absolute Gasteiger partial charge is 0.126 e. The molecule has 2 aromatic rings. The number of nitrogens with zero attached hydrogens (tertiary/aromatic N) is 2. The highest BCUT2D eigenvalue weighted by atomic mass is 79.9. The van der Waals surface area contributed by atoms with Crippen molar-refractivity contribution in [1.29, 1.82) is 0 Å². The normalized spacial score (nSPS) is 19.1. The Labute approximate surface area is 109 Å². The number of hydrogen-bond acceptors (Lipinski definition) is 2. The molecule has 4 heteroatoms. The molecule has 0 aliphatic carbocycles. The lowest BCUT2D eigenvalue weighted by atomic mass is 10.1. The van der Waals surface area contributed by atoms with Crippen molar-refractivity contribution in [2.75, 3.05) is 0 Å². The largest absolute Gasteiger partial charge is 0.333 e. The van der Waals surface area contributed by atoms with Gasteiger partial charge in [-0.15, -0.1) is 0 Å². The highest BCUT2D eigenvalue weighted by Crippen LogP contribution is 2.27. The maximum Gasteiger partial charge on any atom is 0.126 e. The van der Waals surface area contributed by atoms with Crippen LogP contribution in [0.25, 0.3) is 11.3 Å². The van der Waals surface area contributed by atoms with Gasteiger partial charge in [0.2, 0.25) is 0 Å². The lowest BCUT2D eigenvalue weighted by molar-refractivity contribution is 0.451. The quantitative estimate of drug-likeness (QED) is 0.877. The fourth-order valence-electron chi connectivity index (χ4n) is 2.30. The number of halogens is 1. The Hall–Kier alpha value is -1.13. The van der Waals surface area contributed by atoms with Crippen molar-refractivity contribution in [2.24, 2.45) is 5.73 Å². The minimum absolute atomic E-state index is 0.0876. The summed E-state index contributed by atoms with van der Waals surface area (Å²) in [5, 5.41) is 0. The molecule has 0 amide bonds. The van der Waals surface area contributed by atoms with E-state index in [9.17, 15) is 0 Å². The molecule has 1 aliphatic rings. The van der Waals surface area contributed by atoms with E-state index in [1.54, 1.807) is 0 Å². The number of imidazole rings is 1. The van der Waals surface area contributed by atoms with E-state index in [1.807, 2.05) is 12.1 Å². The molecule has 3 rings (SSSR count). The minimum Gasteiger partial charge on any atom is -0.333 e. The predicted molar refractivity (Wildman–Crippen MR) is 71.5 cm³/mol. The van der Waals surface area contributed by atoms with E-state index in [4.69, 9.17) is 5.73 Å². The van der Waals surface area contributed by atoms with Gasteiger partial charge in [0.1, 0.15) is 5.82 Å². The second kappa shape index (κ2) is 4.27. The Balaban J connectivity index is 2.05. The van der Waals surface area contributed by atoms with Crippen LogP contribution in [0.3, 0.4) is 0 Å². The number of rotatable bonds is 1. The van der Waals surface area contributed by atoms with E-state index in [1.165, 1.54) is 0 Å². The van der Waals surface area contributed by atoms with Gasteiger partial charge in [0.05, 0.1) is 11.7 Å². The number of aryl methyl sites for hydroxylation is 1. The monoisotopic (exact) mass is 291 g/mol. The SMILES string of the molecule is NC1CCCn2cc(-c3cccc(Br)c3)nc21. The van der Waals surface area contributed by atoms with Crippen LogP contribution in [0.4, 0.5) is 0 Å². The second-order valence-electron chi connectivity index (χ2n) is 4.44. The van der Waals surface area contributed by atoms with E-state index in [0.29, 0.717) is 0 Å². The molecule has 1 aromatic heterocycles. The maximum atomic E-state index is 6.08. The van der Waals surface area contributed by atoms with Crippen LogP contribution in [0.1, 0.15) is 24.7 Å². The number of nitrogens with two attached hydrogens (primary N) is 1. The highest BCUT2D eigenvalue weighted by molar-refractivity contribution is 9.10. The van der Waals surface area contributed by atoms with Crippen LogP contribution in [0, 0.1) is 0 Å². The molecule has 1 unspecified atom stereocenters. The number of benzene rings is 1. The molecule has 0 fully saturated rings. The van der Waals surface area contributed by atoms with Crippen molar-refractivity contribution in [3.8, 4) is 11.3 Å². The molecule has 0 spiro atoms. The van der Waals surface area contributed by atoms with Gasteiger partial charge in [0, 0.05) is 22.8 Å². The zero-order valence-corrected chi connectivity index (χ0v) is 11.0. The summed E-state index contributed by atoms with van der Waals surface area (Å²) in [7, 11) is 0. The molecule has 1 atom stereocenters. The predicted octanol–water partition coefficient (Wildman–Crippen LogP) is 3.11. The number of aromatic nitrogens is 2. The van der Waals surface area contributed by atoms with Crippen molar-refractivity contribution in [3.63, 3.8) is 0 Å². The standard InChI is InChI=1S/C13H14BrN3/c14-10-4-1-3-9(7-10)12-8-17-6-2-5-11(15)13(17)16-12/h1,3-4,7-8,11H,2,5-6,15H2. The molecule has 1 aliphatic heterocycles. The van der Waals surface area contributed by atoms with E-state index >= 15 is 0 Å². The first-order chi connectivity index (χ1) is 8.24. The fraction of sp³-hybridized carbons (Fsp3) is 0.308. The van der Waals surface area contributed by atoms with E-state index in [-0.39, 0.29) is 6.04 Å². The van der Waals surface area contributed by atoms with Crippen molar-refractivity contribution < 1.29 is 0 Å². The van der Waals surface area contributed by atoms with Gasteiger partial charge in [-0.25, -0.2) is 4.98 Å². The van der Waals surface area contributed by atoms with Crippen LogP contribution in [-0.4, -0.2) is 9.55 Å². The van der Waals surface area contributed by atoms with Crippen LogP contribution in [0.15, 0.2) is 34.9 Å². The molecular formula is C13H14BrN3. The van der Waals surface area contributed by atoms with Crippen LogP contribution < -0.4 is 5.73 Å². The maximum absolute atomic E-state index is 6.08. The molecule has 2 N–H and O–H groups in total. The van der Waals surface area contributed by atoms with Crippen molar-refractivity contribution in [3.05, 3.63) is 40.8 Å². The van der Waals surface area contributed by atoms with Crippen molar-refractivity contribution in [1.82, 2.24) is 9.55 Å². The van der Waals surface area contributed by atoms with Gasteiger partial charge >= 0.3 is 0 Å². The van der Waals surface area contributed by atoms with Crippen LogP contribution in [0.2, 0.25) is 0 Å². The summed E-state index contributed by atoms with van der Waals surface area (Å²) >= 11 is 3.48. The summed E-state index contributed by atoms with van der Waals surface area (Å²) in [4.78, 5) is 4.66. The summed E-state index contributed by atoms with van der Waals surface area (Å²) in [6.07, 6.45) is 4.29. The zero-order chi connectivity index (χ0) is 11.8. The van der Waals surface area contributed by atoms with Crippen molar-refractivity contribution in [2.45, 2.75) is 25.4 Å². The van der Waals surface area contributed by atoms with Crippen LogP contribution in [0.5, 0.6) is 0 Å². The van der Waals surface area contributed by atoms with Gasteiger partial charge in [0.15, 0.2) is 0 Å². The van der Waals surface area contributed by atoms with Gasteiger partial charge in [0.25, 0.3) is 0 Å². The average molecular weight is 292 g/mol. The van der Waals surface area contributed by atoms with Crippen LogP contribution >= 0.6 is 15.9 Å². The Morgan fingerprint density at radius 2 is 2.29 bits per heavy atom. The molecule has 17 heavy (non-hydrogen) atoms. The average Bonchev–Trinajstić information content (AvgIpc) is 2.74. The number of fused-ring (bicyclic) bond motifs is 1. The molecule has 88 valence electrons. The molecule has 1 aromatic carbocycles. The minimum atomic E-state index is 0.0876. The molecule has 0 saturated carbocycles. The Morgan fingerprint density at radius 3 is 3.06 bits per heavy atom. The van der Waals surface area contributed by atoms with Gasteiger partial charge in [-0.2, -0.15) is 0 Å². The topological polar surface area (TPSA) is 43.8 Å². The summed E-state index contributed by atoms with van der Waals surface area (Å²) in [6.45, 7) is 1.03. The Morgan fingerprint density at radius 1 is 1.41 bits per heavy atom. The molecule has 2 heterocycles. The lowest BCUT2D eigenvalue weighted by Gasteiger charge is -2.19. The van der Waals surface area contributed by atoms with E-state index in [0.717, 1.165) is 40.9 Å². The summed E-state index contributed by atoms with van der Waals surface area (Å²) < 4.78 is 3.26. The second-order valence-corrected chi connectivity index (χ2v) is 5.35. The first-order valence-electron chi connectivity index (χ1n) is 5.82. The Kier molecular flexibility index (Phi) is 2.76. The summed E-state index contributed by atoms with van der Waals surface area (Å²) in [5.74, 6) is 1.02. The van der Waals surface area contributed by atoms with E-state index in [2.05, 4.69) is 43.8 Å². The van der Waals surface area contributed by atoms with Crippen molar-refractivity contribution >= 4 is 15.9 Å². The van der Waals surface area contributed by atoms with Gasteiger partial charge in [-0.1, -0.05) is 28.1 Å². The first-order valence-corrected chi connectivity index (χ1v) is 6.62. The molecule has 3 nitrogen and oxygen atoms in total. The summed E-state index contributed by atoms with van der Waals surface area (Å²) in [6, 6.07) is 8.29. The van der Waals surface area contributed by atoms with Gasteiger partial charge in [-0.05, 0) is 25.0 Å².